The van der Waals surface area contributed by atoms with Crippen LogP contribution in [0.5, 0.6) is 0 Å². The molecule has 1 aliphatic rings. The van der Waals surface area contributed by atoms with E-state index in [1.165, 1.54) is 4.31 Å². The van der Waals surface area contributed by atoms with E-state index in [2.05, 4.69) is 10.3 Å². The number of aromatic carboxylic acids is 1. The predicted octanol–water partition coefficient (Wildman–Crippen LogP) is -0.280. The molecular formula is C14H21N3O6S. The SMILES string of the molecule is Cc1[nH]c(C(=O)NCC2CN(S(C)(=O)=O)CCO2)c(C)c1C(=O)O. The van der Waals surface area contributed by atoms with E-state index in [9.17, 15) is 18.0 Å². The maximum atomic E-state index is 12.3. The van der Waals surface area contributed by atoms with Gasteiger partial charge in [-0.25, -0.2) is 13.2 Å². The minimum absolute atomic E-state index is 0.0808. The van der Waals surface area contributed by atoms with Gasteiger partial charge in [-0.3, -0.25) is 4.79 Å². The average molecular weight is 359 g/mol. The second-order valence-corrected chi connectivity index (χ2v) is 7.74. The minimum Gasteiger partial charge on any atom is -0.478 e. The molecule has 1 unspecified atom stereocenters. The standard InChI is InChI=1S/C14H21N3O6S/c1-8-11(14(19)20)9(2)16-12(8)13(18)15-6-10-7-17(4-5-23-10)24(3,21)22/h10,16H,4-7H2,1-3H3,(H,15,18)(H,19,20). The molecule has 1 atom stereocenters. The van der Waals surface area contributed by atoms with Gasteiger partial charge in [0.15, 0.2) is 0 Å². The molecule has 0 spiro atoms. The van der Waals surface area contributed by atoms with E-state index in [-0.39, 0.29) is 31.0 Å². The van der Waals surface area contributed by atoms with Gasteiger partial charge in [0, 0.05) is 25.3 Å². The topological polar surface area (TPSA) is 129 Å². The Kier molecular flexibility index (Phi) is 5.31. The van der Waals surface area contributed by atoms with Gasteiger partial charge in [-0.15, -0.1) is 0 Å². The fraction of sp³-hybridized carbons (Fsp3) is 0.571. The molecule has 0 radical (unpaired) electrons. The van der Waals surface area contributed by atoms with Gasteiger partial charge in [0.25, 0.3) is 5.91 Å². The Bertz CT molecular complexity index is 755. The van der Waals surface area contributed by atoms with E-state index >= 15 is 0 Å². The van der Waals surface area contributed by atoms with Gasteiger partial charge >= 0.3 is 5.97 Å². The highest BCUT2D eigenvalue weighted by molar-refractivity contribution is 7.88. The third kappa shape index (κ3) is 3.94. The van der Waals surface area contributed by atoms with Crippen LogP contribution in [0.3, 0.4) is 0 Å². The van der Waals surface area contributed by atoms with Crippen LogP contribution in [0, 0.1) is 13.8 Å². The summed E-state index contributed by atoms with van der Waals surface area (Å²) < 4.78 is 29.9. The quantitative estimate of drug-likeness (QED) is 0.663. The first-order valence-electron chi connectivity index (χ1n) is 7.38. The number of aromatic amines is 1. The smallest absolute Gasteiger partial charge is 0.337 e. The summed E-state index contributed by atoms with van der Waals surface area (Å²) in [7, 11) is -3.30. The van der Waals surface area contributed by atoms with E-state index in [0.29, 0.717) is 17.8 Å². The molecule has 1 aromatic rings. The molecule has 24 heavy (non-hydrogen) atoms. The molecule has 1 aliphatic heterocycles. The number of carboxylic acids is 1. The number of ether oxygens (including phenoxy) is 1. The van der Waals surface area contributed by atoms with Crippen LogP contribution in [-0.4, -0.2) is 73.3 Å². The zero-order valence-corrected chi connectivity index (χ0v) is 14.6. The summed E-state index contributed by atoms with van der Waals surface area (Å²) in [5.74, 6) is -1.55. The number of carboxylic acid groups (broad SMARTS) is 1. The summed E-state index contributed by atoms with van der Waals surface area (Å²) >= 11 is 0. The Balaban J connectivity index is 2.01. The number of carbonyl (C=O) groups is 2. The maximum absolute atomic E-state index is 12.3. The van der Waals surface area contributed by atoms with E-state index in [1.807, 2.05) is 0 Å². The largest absolute Gasteiger partial charge is 0.478 e. The third-order valence-electron chi connectivity index (χ3n) is 3.94. The molecule has 1 saturated heterocycles. The lowest BCUT2D eigenvalue weighted by Crippen LogP contribution is -2.49. The van der Waals surface area contributed by atoms with Crippen LogP contribution in [0.1, 0.15) is 32.1 Å². The van der Waals surface area contributed by atoms with Crippen molar-refractivity contribution in [1.29, 1.82) is 0 Å². The minimum atomic E-state index is -3.30. The number of aromatic nitrogens is 1. The summed E-state index contributed by atoms with van der Waals surface area (Å²) in [5.41, 5.74) is 1.03. The number of hydrogen-bond acceptors (Lipinski definition) is 5. The molecule has 0 aromatic carbocycles. The number of nitrogens with one attached hydrogen (secondary N) is 2. The van der Waals surface area contributed by atoms with Crippen LogP contribution in [0.25, 0.3) is 0 Å². The van der Waals surface area contributed by atoms with Crippen molar-refractivity contribution in [2.75, 3.05) is 32.5 Å². The zero-order valence-electron chi connectivity index (χ0n) is 13.7. The first-order valence-corrected chi connectivity index (χ1v) is 9.23. The number of rotatable bonds is 5. The lowest BCUT2D eigenvalue weighted by atomic mass is 10.1. The Morgan fingerprint density at radius 3 is 2.62 bits per heavy atom. The molecule has 10 heteroatoms. The Hall–Kier alpha value is -1.91. The Morgan fingerprint density at radius 1 is 1.42 bits per heavy atom. The third-order valence-corrected chi connectivity index (χ3v) is 5.21. The van der Waals surface area contributed by atoms with Gasteiger partial charge in [0.1, 0.15) is 5.69 Å². The monoisotopic (exact) mass is 359 g/mol. The van der Waals surface area contributed by atoms with E-state index in [4.69, 9.17) is 9.84 Å². The number of morpholine rings is 1. The molecule has 0 saturated carbocycles. The number of nitrogens with zero attached hydrogens (tertiary/aromatic N) is 1. The van der Waals surface area contributed by atoms with Crippen LogP contribution in [0.4, 0.5) is 0 Å². The predicted molar refractivity (Wildman–Crippen MR) is 85.7 cm³/mol. The van der Waals surface area contributed by atoms with Crippen molar-refractivity contribution in [3.8, 4) is 0 Å². The van der Waals surface area contributed by atoms with Gasteiger partial charge in [-0.1, -0.05) is 0 Å². The average Bonchev–Trinajstić information content (AvgIpc) is 2.79. The second-order valence-electron chi connectivity index (χ2n) is 5.75. The highest BCUT2D eigenvalue weighted by Crippen LogP contribution is 2.18. The normalized spacial score (nSPS) is 19.2. The number of hydrogen-bond donors (Lipinski definition) is 3. The van der Waals surface area contributed by atoms with Crippen molar-refractivity contribution in [2.24, 2.45) is 0 Å². The molecule has 134 valence electrons. The second kappa shape index (κ2) is 6.91. The lowest BCUT2D eigenvalue weighted by molar-refractivity contribution is 0.000410. The number of sulfonamides is 1. The van der Waals surface area contributed by atoms with Crippen molar-refractivity contribution < 1.29 is 27.9 Å². The van der Waals surface area contributed by atoms with Crippen molar-refractivity contribution in [3.05, 3.63) is 22.5 Å². The van der Waals surface area contributed by atoms with Crippen LogP contribution >= 0.6 is 0 Å². The van der Waals surface area contributed by atoms with Crippen molar-refractivity contribution >= 4 is 21.9 Å². The molecule has 1 amide bonds. The number of aryl methyl sites for hydroxylation is 1. The number of carbonyl (C=O) groups excluding carboxylic acids is 1. The van der Waals surface area contributed by atoms with Gasteiger partial charge in [0.05, 0.1) is 24.5 Å². The summed E-state index contributed by atoms with van der Waals surface area (Å²) in [6.07, 6.45) is 0.680. The summed E-state index contributed by atoms with van der Waals surface area (Å²) in [4.78, 5) is 26.2. The highest BCUT2D eigenvalue weighted by atomic mass is 32.2. The highest BCUT2D eigenvalue weighted by Gasteiger charge is 2.27. The van der Waals surface area contributed by atoms with Crippen LogP contribution in [0.2, 0.25) is 0 Å². The summed E-state index contributed by atoms with van der Waals surface area (Å²) in [6.45, 7) is 4.00. The van der Waals surface area contributed by atoms with Crippen molar-refractivity contribution in [1.82, 2.24) is 14.6 Å². The maximum Gasteiger partial charge on any atom is 0.337 e. The molecule has 9 nitrogen and oxygen atoms in total. The molecule has 0 bridgehead atoms. The molecular weight excluding hydrogens is 338 g/mol. The van der Waals surface area contributed by atoms with Gasteiger partial charge in [-0.05, 0) is 19.4 Å². The first kappa shape index (κ1) is 18.4. The van der Waals surface area contributed by atoms with Crippen molar-refractivity contribution in [2.45, 2.75) is 20.0 Å². The molecule has 3 N–H and O–H groups in total. The summed E-state index contributed by atoms with van der Waals surface area (Å²) in [6, 6.07) is 0. The lowest BCUT2D eigenvalue weighted by Gasteiger charge is -2.31. The Morgan fingerprint density at radius 2 is 2.08 bits per heavy atom. The van der Waals surface area contributed by atoms with E-state index in [1.54, 1.807) is 13.8 Å². The van der Waals surface area contributed by atoms with Crippen molar-refractivity contribution in [3.63, 3.8) is 0 Å². The fourth-order valence-electron chi connectivity index (χ4n) is 2.71. The van der Waals surface area contributed by atoms with E-state index in [0.717, 1.165) is 6.26 Å². The van der Waals surface area contributed by atoms with Gasteiger partial charge in [0.2, 0.25) is 10.0 Å². The number of H-pyrrole nitrogens is 1. The molecule has 0 aliphatic carbocycles. The van der Waals surface area contributed by atoms with Gasteiger partial charge in [-0.2, -0.15) is 4.31 Å². The van der Waals surface area contributed by atoms with Gasteiger partial charge < -0.3 is 20.1 Å². The zero-order chi connectivity index (χ0) is 18.1. The van der Waals surface area contributed by atoms with E-state index < -0.39 is 28.0 Å². The van der Waals surface area contributed by atoms with Crippen LogP contribution in [0.15, 0.2) is 0 Å². The molecule has 2 rings (SSSR count). The molecule has 1 fully saturated rings. The molecule has 1 aromatic heterocycles. The first-order chi connectivity index (χ1) is 11.1. The summed E-state index contributed by atoms with van der Waals surface area (Å²) in [5, 5.41) is 11.8. The Labute approximate surface area is 140 Å². The van der Waals surface area contributed by atoms with Crippen LogP contribution in [-0.2, 0) is 14.8 Å². The van der Waals surface area contributed by atoms with Crippen LogP contribution < -0.4 is 5.32 Å². The fourth-order valence-corrected chi connectivity index (χ4v) is 3.55. The molecule has 2 heterocycles. The number of amides is 1.